The minimum absolute atomic E-state index is 0.00624. The highest BCUT2D eigenvalue weighted by Crippen LogP contribution is 2.39. The lowest BCUT2D eigenvalue weighted by atomic mass is 9.95. The van der Waals surface area contributed by atoms with Gasteiger partial charge in [-0.25, -0.2) is 13.2 Å². The number of amides is 2. The van der Waals surface area contributed by atoms with Crippen molar-refractivity contribution in [2.45, 2.75) is 81.6 Å². The summed E-state index contributed by atoms with van der Waals surface area (Å²) in [6, 6.07) is 20.1. The summed E-state index contributed by atoms with van der Waals surface area (Å²) in [6.45, 7) is 0.212. The Labute approximate surface area is 306 Å². The molecule has 1 aromatic heterocycles. The molecule has 6 rings (SSSR count). The molecular formula is C39H41N3O8S2. The van der Waals surface area contributed by atoms with Gasteiger partial charge in [0.05, 0.1) is 16.0 Å². The first kappa shape index (κ1) is 36.9. The average Bonchev–Trinajstić information content (AvgIpc) is 3.90. The zero-order chi connectivity index (χ0) is 36.8. The summed E-state index contributed by atoms with van der Waals surface area (Å²) in [5.74, 6) is -2.73. The minimum Gasteiger partial charge on any atom is -0.481 e. The Bertz CT molecular complexity index is 2070. The van der Waals surface area contributed by atoms with E-state index in [9.17, 15) is 27.6 Å². The molecule has 52 heavy (non-hydrogen) atoms. The number of carboxylic acid groups (broad SMARTS) is 2. The number of fused-ring (bicyclic) bond motifs is 1. The molecule has 4 N–H and O–H groups in total. The molecule has 11 nitrogen and oxygen atoms in total. The number of unbranched alkanes of at least 4 members (excludes halogenated alkanes) is 1. The fourth-order valence-electron chi connectivity index (χ4n) is 6.46. The summed E-state index contributed by atoms with van der Waals surface area (Å²) in [6.07, 6.45) is 7.16. The van der Waals surface area contributed by atoms with Gasteiger partial charge in [-0.2, -0.15) is 4.31 Å². The molecule has 0 unspecified atom stereocenters. The fraction of sp³-hybridized carbons (Fsp3) is 0.333. The molecule has 0 atom stereocenters. The van der Waals surface area contributed by atoms with Gasteiger partial charge in [-0.15, -0.1) is 11.3 Å². The van der Waals surface area contributed by atoms with Crippen LogP contribution in [-0.4, -0.2) is 59.3 Å². The third-order valence-corrected chi connectivity index (χ3v) is 12.6. The Morgan fingerprint density at radius 1 is 0.788 bits per heavy atom. The number of anilines is 2. The molecule has 1 saturated carbocycles. The maximum absolute atomic E-state index is 13.8. The highest BCUT2D eigenvalue weighted by Gasteiger charge is 2.38. The van der Waals surface area contributed by atoms with Crippen LogP contribution in [-0.2, 0) is 40.5 Å². The lowest BCUT2D eigenvalue weighted by Gasteiger charge is -2.22. The van der Waals surface area contributed by atoms with Gasteiger partial charge in [0, 0.05) is 35.1 Å². The van der Waals surface area contributed by atoms with Crippen molar-refractivity contribution in [1.82, 2.24) is 4.31 Å². The van der Waals surface area contributed by atoms with Gasteiger partial charge < -0.3 is 20.8 Å². The smallest absolute Gasteiger partial charge is 0.335 e. The number of nitrogens with zero attached hydrogens (tertiary/aromatic N) is 1. The van der Waals surface area contributed by atoms with Crippen LogP contribution in [0.1, 0.15) is 97.6 Å². The Balaban J connectivity index is 1.14. The summed E-state index contributed by atoms with van der Waals surface area (Å²) in [5.41, 5.74) is 4.43. The van der Waals surface area contributed by atoms with Crippen LogP contribution >= 0.6 is 11.3 Å². The minimum atomic E-state index is -3.93. The lowest BCUT2D eigenvalue weighted by Crippen LogP contribution is -2.34. The van der Waals surface area contributed by atoms with Crippen LogP contribution in [0, 0.1) is 0 Å². The van der Waals surface area contributed by atoms with Gasteiger partial charge >= 0.3 is 11.9 Å². The number of rotatable bonds is 16. The number of carboxylic acids is 2. The molecule has 3 aromatic carbocycles. The number of benzene rings is 3. The standard InChI is InChI=1S/C39H41N3O8S2/c43-34(44)10-3-4-23-42(30-21-22-30)52(49,50)31-7-5-6-28(24-31)36(45)41-38-35(32-8-1-2-9-33(32)51-38)37(46)40-29-19-15-26(16-20-29)12-11-25-13-17-27(18-14-25)39(47)48/h5-7,13-20,24,30H,1-4,8-12,21-23H2,(H,40,46)(H,41,45)(H,43,44)(H,47,48). The number of thiophene rings is 1. The number of aromatic carboxylic acids is 1. The first-order chi connectivity index (χ1) is 25.0. The third kappa shape index (κ3) is 8.95. The monoisotopic (exact) mass is 743 g/mol. The highest BCUT2D eigenvalue weighted by molar-refractivity contribution is 7.89. The second-order valence-electron chi connectivity index (χ2n) is 13.2. The van der Waals surface area contributed by atoms with E-state index in [1.54, 1.807) is 18.2 Å². The molecule has 1 heterocycles. The molecule has 0 spiro atoms. The van der Waals surface area contributed by atoms with Crippen LogP contribution in [0.5, 0.6) is 0 Å². The van der Waals surface area contributed by atoms with Crippen molar-refractivity contribution < 1.29 is 37.8 Å². The van der Waals surface area contributed by atoms with E-state index in [0.717, 1.165) is 66.5 Å². The van der Waals surface area contributed by atoms with E-state index in [1.165, 1.54) is 33.8 Å². The summed E-state index contributed by atoms with van der Waals surface area (Å²) in [7, 11) is -3.93. The molecule has 13 heteroatoms. The molecule has 0 aliphatic heterocycles. The van der Waals surface area contributed by atoms with Crippen LogP contribution in [0.4, 0.5) is 10.7 Å². The second-order valence-corrected chi connectivity index (χ2v) is 16.2. The van der Waals surface area contributed by atoms with Gasteiger partial charge in [-0.05, 0) is 123 Å². The summed E-state index contributed by atoms with van der Waals surface area (Å²) < 4.78 is 28.8. The number of aliphatic carboxylic acids is 1. The Kier molecular flexibility index (Phi) is 11.5. The summed E-state index contributed by atoms with van der Waals surface area (Å²) >= 11 is 1.38. The number of carbonyl (C=O) groups excluding carboxylic acids is 2. The van der Waals surface area contributed by atoms with Gasteiger partial charge in [-0.1, -0.05) is 30.3 Å². The molecule has 2 aliphatic rings. The quantitative estimate of drug-likeness (QED) is 0.0888. The molecule has 272 valence electrons. The zero-order valence-electron chi connectivity index (χ0n) is 28.6. The average molecular weight is 744 g/mol. The van der Waals surface area contributed by atoms with Gasteiger partial charge in [0.15, 0.2) is 0 Å². The van der Waals surface area contributed by atoms with E-state index in [1.807, 2.05) is 36.4 Å². The summed E-state index contributed by atoms with van der Waals surface area (Å²) in [5, 5.41) is 24.4. The molecule has 4 aromatic rings. The van der Waals surface area contributed by atoms with E-state index in [4.69, 9.17) is 10.2 Å². The van der Waals surface area contributed by atoms with Gasteiger partial charge in [0.25, 0.3) is 11.8 Å². The Morgan fingerprint density at radius 3 is 2.12 bits per heavy atom. The second kappa shape index (κ2) is 16.2. The van der Waals surface area contributed by atoms with Crippen molar-refractivity contribution in [3.63, 3.8) is 0 Å². The molecule has 1 fully saturated rings. The van der Waals surface area contributed by atoms with Crippen molar-refractivity contribution in [2.75, 3.05) is 17.2 Å². The molecule has 2 aliphatic carbocycles. The van der Waals surface area contributed by atoms with Crippen molar-refractivity contribution in [2.24, 2.45) is 0 Å². The lowest BCUT2D eigenvalue weighted by molar-refractivity contribution is -0.137. The van der Waals surface area contributed by atoms with E-state index >= 15 is 0 Å². The first-order valence-electron chi connectivity index (χ1n) is 17.5. The fourth-order valence-corrected chi connectivity index (χ4v) is 9.51. The topological polar surface area (TPSA) is 170 Å². The molecular weight excluding hydrogens is 703 g/mol. The predicted molar refractivity (Wildman–Crippen MR) is 199 cm³/mol. The highest BCUT2D eigenvalue weighted by atomic mass is 32.2. The van der Waals surface area contributed by atoms with E-state index in [-0.39, 0.29) is 40.9 Å². The number of hydrogen-bond donors (Lipinski definition) is 4. The molecule has 2 amide bonds. The van der Waals surface area contributed by atoms with Crippen LogP contribution in [0.15, 0.2) is 77.7 Å². The van der Waals surface area contributed by atoms with E-state index in [2.05, 4.69) is 10.6 Å². The Hall–Kier alpha value is -4.85. The number of hydrogen-bond acceptors (Lipinski definition) is 7. The van der Waals surface area contributed by atoms with Crippen molar-refractivity contribution in [3.8, 4) is 0 Å². The normalized spacial score (nSPS) is 14.1. The van der Waals surface area contributed by atoms with Crippen LogP contribution in [0.2, 0.25) is 0 Å². The first-order valence-corrected chi connectivity index (χ1v) is 19.8. The van der Waals surface area contributed by atoms with E-state index < -0.39 is 27.9 Å². The predicted octanol–water partition coefficient (Wildman–Crippen LogP) is 7.02. The molecule has 0 radical (unpaired) electrons. The van der Waals surface area contributed by atoms with Gasteiger partial charge in [0.2, 0.25) is 10.0 Å². The number of aryl methyl sites for hydroxylation is 3. The third-order valence-electron chi connectivity index (χ3n) is 9.42. The summed E-state index contributed by atoms with van der Waals surface area (Å²) in [4.78, 5) is 50.6. The number of sulfonamides is 1. The zero-order valence-corrected chi connectivity index (χ0v) is 30.2. The maximum atomic E-state index is 13.8. The van der Waals surface area contributed by atoms with Crippen LogP contribution < -0.4 is 10.6 Å². The van der Waals surface area contributed by atoms with E-state index in [0.29, 0.717) is 35.5 Å². The van der Waals surface area contributed by atoms with Crippen LogP contribution in [0.3, 0.4) is 0 Å². The number of carbonyl (C=O) groups is 4. The molecule has 0 saturated heterocycles. The van der Waals surface area contributed by atoms with Gasteiger partial charge in [0.1, 0.15) is 5.00 Å². The van der Waals surface area contributed by atoms with Crippen molar-refractivity contribution >= 4 is 55.8 Å². The van der Waals surface area contributed by atoms with Crippen molar-refractivity contribution in [1.29, 1.82) is 0 Å². The largest absolute Gasteiger partial charge is 0.481 e. The van der Waals surface area contributed by atoms with Crippen LogP contribution in [0.25, 0.3) is 0 Å². The van der Waals surface area contributed by atoms with Crippen molar-refractivity contribution in [3.05, 3.63) is 111 Å². The Morgan fingerprint density at radius 2 is 1.46 bits per heavy atom. The maximum Gasteiger partial charge on any atom is 0.335 e. The molecule has 0 bridgehead atoms. The number of nitrogens with one attached hydrogen (secondary N) is 2. The SMILES string of the molecule is O=C(O)CCCCN(C1CC1)S(=O)(=O)c1cccc(C(=O)Nc2sc3c(c2C(=O)Nc2ccc(CCc4ccc(C(=O)O)cc4)cc2)CCCC3)c1. The van der Waals surface area contributed by atoms with Gasteiger partial charge in [-0.3, -0.25) is 14.4 Å².